The maximum absolute atomic E-state index is 12.3. The van der Waals surface area contributed by atoms with E-state index in [2.05, 4.69) is 22.3 Å². The zero-order chi connectivity index (χ0) is 17.2. The third kappa shape index (κ3) is 3.76. The van der Waals surface area contributed by atoms with E-state index in [-0.39, 0.29) is 18.0 Å². The largest absolute Gasteiger partial charge is 0.375 e. The van der Waals surface area contributed by atoms with Crippen LogP contribution in [0, 0.1) is 0 Å². The highest BCUT2D eigenvalue weighted by molar-refractivity contribution is 6.06. The van der Waals surface area contributed by atoms with Gasteiger partial charge in [-0.3, -0.25) is 14.6 Å². The third-order valence-electron chi connectivity index (χ3n) is 4.51. The minimum atomic E-state index is -0.828. The van der Waals surface area contributed by atoms with Crippen LogP contribution in [0.15, 0.2) is 30.3 Å². The zero-order valence-electron chi connectivity index (χ0n) is 14.3. The molecule has 6 heteroatoms. The van der Waals surface area contributed by atoms with E-state index in [4.69, 9.17) is 4.74 Å². The highest BCUT2D eigenvalue weighted by atomic mass is 16.5. The second-order valence-corrected chi connectivity index (χ2v) is 7.04. The quantitative estimate of drug-likeness (QED) is 0.852. The Hall–Kier alpha value is -1.92. The van der Waals surface area contributed by atoms with Crippen LogP contribution in [0.2, 0.25) is 0 Å². The third-order valence-corrected chi connectivity index (χ3v) is 4.51. The Morgan fingerprint density at radius 3 is 2.67 bits per heavy atom. The summed E-state index contributed by atoms with van der Waals surface area (Å²) in [5, 5.41) is 2.72. The number of rotatable bonds is 4. The van der Waals surface area contributed by atoms with Gasteiger partial charge >= 0.3 is 6.03 Å². The fraction of sp³-hybridized carbons (Fsp3) is 0.556. The standard InChI is InChI=1S/C18H25N3O3/c1-18(2)16(22)21(17(23)19-18)13-15-12-20(9-6-10-24-15)11-14-7-4-3-5-8-14/h3-5,7-8,15H,6,9-13H2,1-2H3,(H,19,23)/t15-/m1/s1. The van der Waals surface area contributed by atoms with Crippen molar-refractivity contribution in [1.29, 1.82) is 0 Å². The number of nitrogens with zero attached hydrogens (tertiary/aromatic N) is 2. The molecule has 3 rings (SSSR count). The van der Waals surface area contributed by atoms with Gasteiger partial charge in [0.15, 0.2) is 0 Å². The molecule has 130 valence electrons. The van der Waals surface area contributed by atoms with Gasteiger partial charge in [0.25, 0.3) is 5.91 Å². The average Bonchev–Trinajstić information content (AvgIpc) is 2.71. The molecule has 1 atom stereocenters. The molecule has 0 spiro atoms. The van der Waals surface area contributed by atoms with Gasteiger partial charge in [0.05, 0.1) is 12.6 Å². The first-order valence-corrected chi connectivity index (χ1v) is 8.48. The number of nitrogens with one attached hydrogen (secondary N) is 1. The van der Waals surface area contributed by atoms with Gasteiger partial charge in [-0.15, -0.1) is 0 Å². The lowest BCUT2D eigenvalue weighted by molar-refractivity contribution is -0.131. The maximum Gasteiger partial charge on any atom is 0.325 e. The first kappa shape index (κ1) is 16.9. The lowest BCUT2D eigenvalue weighted by Crippen LogP contribution is -2.44. The van der Waals surface area contributed by atoms with Crippen molar-refractivity contribution in [3.63, 3.8) is 0 Å². The monoisotopic (exact) mass is 331 g/mol. The molecular weight excluding hydrogens is 306 g/mol. The molecule has 1 aromatic rings. The van der Waals surface area contributed by atoms with E-state index in [0.717, 1.165) is 19.5 Å². The summed E-state index contributed by atoms with van der Waals surface area (Å²) in [6.07, 6.45) is 0.800. The van der Waals surface area contributed by atoms with E-state index in [9.17, 15) is 9.59 Å². The Morgan fingerprint density at radius 1 is 1.25 bits per heavy atom. The number of urea groups is 1. The Balaban J connectivity index is 1.63. The smallest absolute Gasteiger partial charge is 0.325 e. The molecule has 3 amide bonds. The van der Waals surface area contributed by atoms with Crippen LogP contribution in [-0.4, -0.2) is 59.6 Å². The van der Waals surface area contributed by atoms with Crippen molar-refractivity contribution in [2.75, 3.05) is 26.2 Å². The van der Waals surface area contributed by atoms with Gasteiger partial charge in [-0.25, -0.2) is 4.79 Å². The van der Waals surface area contributed by atoms with Crippen LogP contribution >= 0.6 is 0 Å². The number of carbonyl (C=O) groups excluding carboxylic acids is 2. The summed E-state index contributed by atoms with van der Waals surface area (Å²) in [4.78, 5) is 28.0. The number of carbonyl (C=O) groups is 2. The van der Waals surface area contributed by atoms with Gasteiger partial charge in [0, 0.05) is 26.2 Å². The van der Waals surface area contributed by atoms with Crippen LogP contribution in [0.25, 0.3) is 0 Å². The molecular formula is C18H25N3O3. The fourth-order valence-electron chi connectivity index (χ4n) is 3.25. The Morgan fingerprint density at radius 2 is 2.00 bits per heavy atom. The van der Waals surface area contributed by atoms with Gasteiger partial charge < -0.3 is 10.1 Å². The van der Waals surface area contributed by atoms with Gasteiger partial charge in [-0.05, 0) is 25.8 Å². The molecule has 0 saturated carbocycles. The fourth-order valence-corrected chi connectivity index (χ4v) is 3.25. The predicted molar refractivity (Wildman–Crippen MR) is 90.4 cm³/mol. The van der Waals surface area contributed by atoms with Gasteiger partial charge in [0.2, 0.25) is 0 Å². The van der Waals surface area contributed by atoms with Crippen molar-refractivity contribution in [2.24, 2.45) is 0 Å². The summed E-state index contributed by atoms with van der Waals surface area (Å²) in [6.45, 7) is 6.93. The normalized spacial score (nSPS) is 24.8. The highest BCUT2D eigenvalue weighted by Crippen LogP contribution is 2.19. The van der Waals surface area contributed by atoms with Gasteiger partial charge in [-0.2, -0.15) is 0 Å². The van der Waals surface area contributed by atoms with E-state index in [0.29, 0.717) is 19.7 Å². The zero-order valence-corrected chi connectivity index (χ0v) is 14.3. The number of hydrogen-bond acceptors (Lipinski definition) is 4. The summed E-state index contributed by atoms with van der Waals surface area (Å²) in [7, 11) is 0. The molecule has 0 radical (unpaired) electrons. The number of benzene rings is 1. The van der Waals surface area contributed by atoms with Crippen molar-refractivity contribution in [3.05, 3.63) is 35.9 Å². The molecule has 0 unspecified atom stereocenters. The summed E-state index contributed by atoms with van der Waals surface area (Å²) in [5.41, 5.74) is 0.431. The number of amides is 3. The van der Waals surface area contributed by atoms with Crippen molar-refractivity contribution < 1.29 is 14.3 Å². The lowest BCUT2D eigenvalue weighted by Gasteiger charge is -2.26. The summed E-state index contributed by atoms with van der Waals surface area (Å²) in [5.74, 6) is -0.185. The molecule has 2 heterocycles. The van der Waals surface area contributed by atoms with Crippen molar-refractivity contribution in [3.8, 4) is 0 Å². The van der Waals surface area contributed by atoms with Crippen molar-refractivity contribution in [2.45, 2.75) is 38.5 Å². The Bertz CT molecular complexity index is 603. The lowest BCUT2D eigenvalue weighted by atomic mass is 10.1. The van der Waals surface area contributed by atoms with E-state index in [1.165, 1.54) is 10.5 Å². The van der Waals surface area contributed by atoms with Crippen LogP contribution in [0.5, 0.6) is 0 Å². The molecule has 2 aliphatic heterocycles. The van der Waals surface area contributed by atoms with Crippen molar-refractivity contribution in [1.82, 2.24) is 15.1 Å². The Labute approximate surface area is 142 Å². The summed E-state index contributed by atoms with van der Waals surface area (Å²) < 4.78 is 5.88. The SMILES string of the molecule is CC1(C)NC(=O)N(C[C@H]2CN(Cc3ccccc3)CCCO2)C1=O. The van der Waals surface area contributed by atoms with E-state index < -0.39 is 5.54 Å². The van der Waals surface area contributed by atoms with Crippen molar-refractivity contribution >= 4 is 11.9 Å². The average molecular weight is 331 g/mol. The van der Waals surface area contributed by atoms with Crippen LogP contribution in [0.3, 0.4) is 0 Å². The molecule has 1 aromatic carbocycles. The molecule has 2 saturated heterocycles. The number of hydrogen-bond donors (Lipinski definition) is 1. The Kier molecular flexibility index (Phi) is 4.87. The molecule has 2 fully saturated rings. The molecule has 1 N–H and O–H groups in total. The first-order chi connectivity index (χ1) is 11.5. The molecule has 24 heavy (non-hydrogen) atoms. The highest BCUT2D eigenvalue weighted by Gasteiger charge is 2.45. The van der Waals surface area contributed by atoms with Gasteiger partial charge in [0.1, 0.15) is 5.54 Å². The minimum Gasteiger partial charge on any atom is -0.375 e. The van der Waals surface area contributed by atoms with Crippen LogP contribution in [-0.2, 0) is 16.1 Å². The molecule has 0 aromatic heterocycles. The molecule has 0 bridgehead atoms. The minimum absolute atomic E-state index is 0.153. The number of imide groups is 1. The topological polar surface area (TPSA) is 61.9 Å². The van der Waals surface area contributed by atoms with Crippen LogP contribution < -0.4 is 5.32 Å². The first-order valence-electron chi connectivity index (χ1n) is 8.48. The summed E-state index contributed by atoms with van der Waals surface area (Å²) in [6, 6.07) is 9.98. The molecule has 0 aliphatic carbocycles. The number of ether oxygens (including phenoxy) is 1. The van der Waals surface area contributed by atoms with E-state index in [1.807, 2.05) is 18.2 Å². The predicted octanol–water partition coefficient (Wildman–Crippen LogP) is 1.61. The van der Waals surface area contributed by atoms with Gasteiger partial charge in [-0.1, -0.05) is 30.3 Å². The van der Waals surface area contributed by atoms with Crippen LogP contribution in [0.4, 0.5) is 4.79 Å². The second kappa shape index (κ2) is 6.91. The van der Waals surface area contributed by atoms with Crippen LogP contribution in [0.1, 0.15) is 25.8 Å². The van der Waals surface area contributed by atoms with E-state index in [1.54, 1.807) is 13.8 Å². The van der Waals surface area contributed by atoms with E-state index >= 15 is 0 Å². The molecule has 6 nitrogen and oxygen atoms in total. The second-order valence-electron chi connectivity index (χ2n) is 7.04. The summed E-state index contributed by atoms with van der Waals surface area (Å²) >= 11 is 0. The maximum atomic E-state index is 12.3. The molecule has 2 aliphatic rings.